The molecule has 34 heavy (non-hydrogen) atoms. The van der Waals surface area contributed by atoms with Gasteiger partial charge in [-0.25, -0.2) is 0 Å². The molecule has 9 heteroatoms. The number of rotatable bonds is 6. The first-order chi connectivity index (χ1) is 16.3. The minimum absolute atomic E-state index is 0.175. The van der Waals surface area contributed by atoms with Crippen LogP contribution in [0.1, 0.15) is 11.1 Å². The Kier molecular flexibility index (Phi) is 7.58. The van der Waals surface area contributed by atoms with Crippen LogP contribution in [-0.4, -0.2) is 22.7 Å². The molecule has 3 aromatic carbocycles. The molecule has 3 aromatic rings. The molecule has 0 spiro atoms. The van der Waals surface area contributed by atoms with Crippen molar-refractivity contribution in [3.05, 3.63) is 92.8 Å². The number of thioether (sulfide) groups is 1. The zero-order chi connectivity index (χ0) is 24.2. The van der Waals surface area contributed by atoms with Crippen molar-refractivity contribution in [2.45, 2.75) is 6.92 Å². The van der Waals surface area contributed by atoms with Crippen LogP contribution in [0.25, 0.3) is 6.08 Å². The van der Waals surface area contributed by atoms with Gasteiger partial charge in [0, 0.05) is 5.69 Å². The number of amides is 2. The lowest BCUT2D eigenvalue weighted by molar-refractivity contribution is -0.118. The van der Waals surface area contributed by atoms with E-state index >= 15 is 0 Å². The highest BCUT2D eigenvalue weighted by Crippen LogP contribution is 2.36. The van der Waals surface area contributed by atoms with Crippen LogP contribution in [0.15, 0.2) is 71.6 Å². The second-order valence-corrected chi connectivity index (χ2v) is 9.88. The molecular weight excluding hydrogens is 511 g/mol. The molecule has 172 valence electrons. The average molecular weight is 529 g/mol. The van der Waals surface area contributed by atoms with Crippen LogP contribution in [0.5, 0.6) is 5.75 Å². The van der Waals surface area contributed by atoms with Gasteiger partial charge in [0.05, 0.1) is 20.6 Å². The highest BCUT2D eigenvalue weighted by molar-refractivity contribution is 8.27. The summed E-state index contributed by atoms with van der Waals surface area (Å²) in [5.41, 5.74) is 3.12. The van der Waals surface area contributed by atoms with Crippen molar-refractivity contribution in [2.75, 3.05) is 16.8 Å². The summed E-state index contributed by atoms with van der Waals surface area (Å²) in [6.07, 6.45) is 1.76. The van der Waals surface area contributed by atoms with Crippen molar-refractivity contribution in [3.8, 4) is 5.75 Å². The summed E-state index contributed by atoms with van der Waals surface area (Å²) >= 11 is 18.5. The van der Waals surface area contributed by atoms with Crippen molar-refractivity contribution < 1.29 is 14.3 Å². The van der Waals surface area contributed by atoms with E-state index in [4.69, 9.17) is 40.2 Å². The predicted molar refractivity (Wildman–Crippen MR) is 144 cm³/mol. The summed E-state index contributed by atoms with van der Waals surface area (Å²) in [4.78, 5) is 27.2. The van der Waals surface area contributed by atoms with Crippen LogP contribution < -0.4 is 15.0 Å². The van der Waals surface area contributed by atoms with Crippen LogP contribution >= 0.6 is 47.2 Å². The van der Waals surface area contributed by atoms with Crippen LogP contribution in [0, 0.1) is 6.92 Å². The maximum absolute atomic E-state index is 13.0. The summed E-state index contributed by atoms with van der Waals surface area (Å²) in [5, 5.41) is 3.46. The predicted octanol–water partition coefficient (Wildman–Crippen LogP) is 6.73. The molecule has 1 saturated heterocycles. The Morgan fingerprint density at radius 2 is 1.85 bits per heavy atom. The number of benzene rings is 3. The lowest BCUT2D eigenvalue weighted by Gasteiger charge is -2.14. The Morgan fingerprint density at radius 1 is 1.09 bits per heavy atom. The normalized spacial score (nSPS) is 14.6. The molecule has 1 N–H and O–H groups in total. The quantitative estimate of drug-likeness (QED) is 0.284. The third-order valence-corrected chi connectivity index (χ3v) is 6.86. The Hall–Kier alpha value is -2.84. The molecular formula is C25H18Cl2N2O3S2. The van der Waals surface area contributed by atoms with Crippen LogP contribution in [0.4, 0.5) is 11.4 Å². The molecule has 0 bridgehead atoms. The van der Waals surface area contributed by atoms with Gasteiger partial charge in [0.2, 0.25) is 0 Å². The van der Waals surface area contributed by atoms with Gasteiger partial charge in [-0.2, -0.15) is 0 Å². The van der Waals surface area contributed by atoms with E-state index in [0.717, 1.165) is 16.8 Å². The molecule has 1 aliphatic heterocycles. The second kappa shape index (κ2) is 10.6. The topological polar surface area (TPSA) is 58.6 Å². The summed E-state index contributed by atoms with van der Waals surface area (Å²) in [6.45, 7) is 1.79. The fraction of sp³-hybridized carbons (Fsp3) is 0.0800. The number of carbonyl (C=O) groups is 2. The van der Waals surface area contributed by atoms with Gasteiger partial charge in [0.1, 0.15) is 5.75 Å². The molecule has 0 unspecified atom stereocenters. The molecule has 0 saturated carbocycles. The third kappa shape index (κ3) is 5.80. The standard InChI is InChI=1S/C25H18Cl2N2O3S2/c1-15-5-8-18(9-6-15)29-24(31)22(34-25(29)33)12-16-3-2-4-19(11-16)32-14-23(30)28-17-7-10-20(26)21(27)13-17/h2-13H,14H2,1H3,(H,28,30)/b22-12-. The fourth-order valence-corrected chi connectivity index (χ4v) is 4.75. The van der Waals surface area contributed by atoms with E-state index in [0.29, 0.717) is 30.7 Å². The number of thiocarbonyl (C=S) groups is 1. The minimum atomic E-state index is -0.345. The van der Waals surface area contributed by atoms with E-state index in [-0.39, 0.29) is 18.4 Å². The maximum Gasteiger partial charge on any atom is 0.270 e. The van der Waals surface area contributed by atoms with Crippen molar-refractivity contribution in [1.82, 2.24) is 0 Å². The van der Waals surface area contributed by atoms with E-state index in [2.05, 4.69) is 5.32 Å². The summed E-state index contributed by atoms with van der Waals surface area (Å²) in [7, 11) is 0. The largest absolute Gasteiger partial charge is 0.484 e. The first kappa shape index (κ1) is 24.3. The lowest BCUT2D eigenvalue weighted by atomic mass is 10.2. The highest BCUT2D eigenvalue weighted by Gasteiger charge is 2.33. The first-order valence-corrected chi connectivity index (χ1v) is 12.1. The zero-order valence-corrected chi connectivity index (χ0v) is 21.0. The first-order valence-electron chi connectivity index (χ1n) is 10.1. The SMILES string of the molecule is Cc1ccc(N2C(=O)/C(=C/c3cccc(OCC(=O)Nc4ccc(Cl)c(Cl)c4)c3)SC2=S)cc1. The molecule has 0 radical (unpaired) electrons. The van der Waals surface area contributed by atoms with Crippen LogP contribution in [-0.2, 0) is 9.59 Å². The maximum atomic E-state index is 13.0. The summed E-state index contributed by atoms with van der Waals surface area (Å²) < 4.78 is 6.10. The zero-order valence-electron chi connectivity index (χ0n) is 17.9. The molecule has 0 aromatic heterocycles. The summed E-state index contributed by atoms with van der Waals surface area (Å²) in [5.74, 6) is -0.0269. The minimum Gasteiger partial charge on any atom is -0.484 e. The van der Waals surface area contributed by atoms with E-state index in [1.807, 2.05) is 37.3 Å². The summed E-state index contributed by atoms with van der Waals surface area (Å²) in [6, 6.07) is 19.6. The Labute approximate surface area is 216 Å². The van der Waals surface area contributed by atoms with Gasteiger partial charge >= 0.3 is 0 Å². The van der Waals surface area contributed by atoms with Gasteiger partial charge in [0.15, 0.2) is 10.9 Å². The van der Waals surface area contributed by atoms with Crippen molar-refractivity contribution in [3.63, 3.8) is 0 Å². The number of aryl methyl sites for hydroxylation is 1. The third-order valence-electron chi connectivity index (χ3n) is 4.82. The number of carbonyl (C=O) groups excluding carboxylic acids is 2. The van der Waals surface area contributed by atoms with Crippen LogP contribution in [0.2, 0.25) is 10.0 Å². The second-order valence-electron chi connectivity index (χ2n) is 7.39. The number of hydrogen-bond acceptors (Lipinski definition) is 5. The molecule has 1 aliphatic rings. The average Bonchev–Trinajstić information content (AvgIpc) is 3.08. The smallest absolute Gasteiger partial charge is 0.270 e. The highest BCUT2D eigenvalue weighted by atomic mass is 35.5. The van der Waals surface area contributed by atoms with E-state index in [9.17, 15) is 9.59 Å². The van der Waals surface area contributed by atoms with E-state index in [1.165, 1.54) is 16.7 Å². The van der Waals surface area contributed by atoms with Crippen molar-refractivity contribution in [2.24, 2.45) is 0 Å². The van der Waals surface area contributed by atoms with Gasteiger partial charge in [-0.1, -0.05) is 77.0 Å². The number of nitrogens with zero attached hydrogens (tertiary/aromatic N) is 1. The number of nitrogens with one attached hydrogen (secondary N) is 1. The fourth-order valence-electron chi connectivity index (χ4n) is 3.15. The molecule has 2 amide bonds. The van der Waals surface area contributed by atoms with Gasteiger partial charge in [-0.3, -0.25) is 14.5 Å². The molecule has 1 heterocycles. The van der Waals surface area contributed by atoms with E-state index < -0.39 is 0 Å². The van der Waals surface area contributed by atoms with Gasteiger partial charge in [-0.05, 0) is 61.0 Å². The number of anilines is 2. The van der Waals surface area contributed by atoms with Gasteiger partial charge < -0.3 is 10.1 Å². The van der Waals surface area contributed by atoms with Gasteiger partial charge in [0.25, 0.3) is 11.8 Å². The Bertz CT molecular complexity index is 1310. The Balaban J connectivity index is 1.41. The van der Waals surface area contributed by atoms with Crippen LogP contribution in [0.3, 0.4) is 0 Å². The molecule has 0 atom stereocenters. The number of ether oxygens (including phenoxy) is 1. The molecule has 1 fully saturated rings. The lowest BCUT2D eigenvalue weighted by Crippen LogP contribution is -2.27. The van der Waals surface area contributed by atoms with E-state index in [1.54, 1.807) is 42.5 Å². The Morgan fingerprint density at radius 3 is 2.59 bits per heavy atom. The number of hydrogen-bond donors (Lipinski definition) is 1. The molecule has 5 nitrogen and oxygen atoms in total. The molecule has 4 rings (SSSR count). The van der Waals surface area contributed by atoms with Crippen molar-refractivity contribution in [1.29, 1.82) is 0 Å². The monoisotopic (exact) mass is 528 g/mol. The molecule has 0 aliphatic carbocycles. The van der Waals surface area contributed by atoms with Crippen molar-refractivity contribution >= 4 is 80.8 Å². The van der Waals surface area contributed by atoms with Gasteiger partial charge in [-0.15, -0.1) is 0 Å². The number of halogens is 2.